The van der Waals surface area contributed by atoms with Gasteiger partial charge in [0.1, 0.15) is 11.5 Å². The Bertz CT molecular complexity index is 436. The van der Waals surface area contributed by atoms with E-state index in [9.17, 15) is 10.2 Å². The second-order valence-corrected chi connectivity index (χ2v) is 5.54. The molecule has 0 saturated carbocycles. The van der Waals surface area contributed by atoms with Gasteiger partial charge in [-0.2, -0.15) is 0 Å². The van der Waals surface area contributed by atoms with Crippen LogP contribution < -0.4 is 5.73 Å². The molecule has 0 bridgehead atoms. The number of hydrogen-bond acceptors (Lipinski definition) is 4. The molecule has 0 amide bonds. The van der Waals surface area contributed by atoms with Crippen LogP contribution in [0.3, 0.4) is 0 Å². The molecule has 4 nitrogen and oxygen atoms in total. The van der Waals surface area contributed by atoms with E-state index in [2.05, 4.69) is 18.7 Å². The molecule has 3 unspecified atom stereocenters. The highest BCUT2D eigenvalue weighted by Gasteiger charge is 2.32. The summed E-state index contributed by atoms with van der Waals surface area (Å²) >= 11 is 0. The largest absolute Gasteiger partial charge is 0.508 e. The number of nitrogens with two attached hydrogens (primary N) is 1. The third-order valence-electron chi connectivity index (χ3n) is 4.27. The van der Waals surface area contributed by atoms with E-state index in [-0.39, 0.29) is 17.5 Å². The average molecular weight is 264 g/mol. The maximum absolute atomic E-state index is 10.0. The molecule has 4 heteroatoms. The summed E-state index contributed by atoms with van der Waals surface area (Å²) in [5.74, 6) is 0.424. The molecule has 1 fully saturated rings. The lowest BCUT2D eigenvalue weighted by molar-refractivity contribution is 0.0559. The van der Waals surface area contributed by atoms with Crippen LogP contribution in [0.15, 0.2) is 18.2 Å². The number of likely N-dealkylation sites (tertiary alicyclic amines) is 1. The summed E-state index contributed by atoms with van der Waals surface area (Å²) in [6, 6.07) is 5.55. The maximum atomic E-state index is 10.0. The first-order chi connectivity index (χ1) is 9.04. The summed E-state index contributed by atoms with van der Waals surface area (Å²) in [4.78, 5) is 2.37. The maximum Gasteiger partial charge on any atom is 0.120 e. The zero-order valence-corrected chi connectivity index (χ0v) is 11.7. The van der Waals surface area contributed by atoms with Crippen LogP contribution in [0.4, 0.5) is 0 Å². The molecule has 0 spiro atoms. The van der Waals surface area contributed by atoms with E-state index < -0.39 is 0 Å². The van der Waals surface area contributed by atoms with Crippen molar-refractivity contribution in [3.05, 3.63) is 23.8 Å². The van der Waals surface area contributed by atoms with Gasteiger partial charge in [-0.15, -0.1) is 0 Å². The highest BCUT2D eigenvalue weighted by atomic mass is 16.3. The van der Waals surface area contributed by atoms with Crippen molar-refractivity contribution in [2.45, 2.75) is 51.2 Å². The van der Waals surface area contributed by atoms with Crippen molar-refractivity contribution in [1.82, 2.24) is 4.90 Å². The standard InChI is InChI=1S/C15H24N2O2/c1-10-4-3-5-12(9-16)17(10)11(2)14-8-13(18)6-7-15(14)19/h6-8,10-12,18-19H,3-5,9,16H2,1-2H3. The van der Waals surface area contributed by atoms with Gasteiger partial charge in [0.05, 0.1) is 0 Å². The summed E-state index contributed by atoms with van der Waals surface area (Å²) in [5, 5.41) is 19.6. The molecule has 0 aromatic heterocycles. The second kappa shape index (κ2) is 5.80. The quantitative estimate of drug-likeness (QED) is 0.733. The highest BCUT2D eigenvalue weighted by molar-refractivity contribution is 5.40. The predicted molar refractivity (Wildman–Crippen MR) is 76.2 cm³/mol. The smallest absolute Gasteiger partial charge is 0.120 e. The Morgan fingerprint density at radius 2 is 2.11 bits per heavy atom. The first-order valence-electron chi connectivity index (χ1n) is 7.04. The minimum Gasteiger partial charge on any atom is -0.508 e. The van der Waals surface area contributed by atoms with Crippen LogP contribution in [0.25, 0.3) is 0 Å². The van der Waals surface area contributed by atoms with Gasteiger partial charge < -0.3 is 15.9 Å². The number of rotatable bonds is 3. The van der Waals surface area contributed by atoms with Gasteiger partial charge in [0.15, 0.2) is 0 Å². The SMILES string of the molecule is CC1CCCC(CN)N1C(C)c1cc(O)ccc1O. The van der Waals surface area contributed by atoms with E-state index in [1.807, 2.05) is 0 Å². The lowest BCUT2D eigenvalue weighted by Crippen LogP contribution is -2.49. The molecular formula is C15H24N2O2. The van der Waals surface area contributed by atoms with Crippen LogP contribution in [0, 0.1) is 0 Å². The zero-order valence-electron chi connectivity index (χ0n) is 11.7. The Labute approximate surface area is 114 Å². The summed E-state index contributed by atoms with van der Waals surface area (Å²) in [6.07, 6.45) is 3.46. The molecule has 1 aliphatic heterocycles. The Balaban J connectivity index is 2.30. The van der Waals surface area contributed by atoms with E-state index in [4.69, 9.17) is 5.73 Å². The van der Waals surface area contributed by atoms with E-state index >= 15 is 0 Å². The van der Waals surface area contributed by atoms with Crippen molar-refractivity contribution >= 4 is 0 Å². The average Bonchev–Trinajstić information content (AvgIpc) is 2.40. The Kier molecular flexibility index (Phi) is 4.32. The molecule has 1 aromatic carbocycles. The minimum absolute atomic E-state index is 0.0518. The number of benzene rings is 1. The highest BCUT2D eigenvalue weighted by Crippen LogP contribution is 2.36. The molecule has 1 aliphatic rings. The van der Waals surface area contributed by atoms with Gasteiger partial charge in [-0.3, -0.25) is 4.90 Å². The fourth-order valence-corrected chi connectivity index (χ4v) is 3.28. The third-order valence-corrected chi connectivity index (χ3v) is 4.27. The molecule has 1 aromatic rings. The fourth-order valence-electron chi connectivity index (χ4n) is 3.28. The van der Waals surface area contributed by atoms with E-state index in [1.54, 1.807) is 12.1 Å². The van der Waals surface area contributed by atoms with Gasteiger partial charge in [0.25, 0.3) is 0 Å². The third kappa shape index (κ3) is 2.85. The first kappa shape index (κ1) is 14.2. The van der Waals surface area contributed by atoms with Crippen LogP contribution in [0.5, 0.6) is 11.5 Å². The van der Waals surface area contributed by atoms with Crippen LogP contribution >= 0.6 is 0 Å². The molecule has 1 saturated heterocycles. The molecule has 19 heavy (non-hydrogen) atoms. The molecule has 0 aliphatic carbocycles. The van der Waals surface area contributed by atoms with Crippen molar-refractivity contribution in [2.24, 2.45) is 5.73 Å². The molecule has 1 heterocycles. The topological polar surface area (TPSA) is 69.7 Å². The first-order valence-corrected chi connectivity index (χ1v) is 7.04. The Morgan fingerprint density at radius 1 is 1.37 bits per heavy atom. The number of nitrogens with zero attached hydrogens (tertiary/aromatic N) is 1. The number of hydrogen-bond donors (Lipinski definition) is 3. The van der Waals surface area contributed by atoms with Crippen LogP contribution in [0.2, 0.25) is 0 Å². The molecule has 0 radical (unpaired) electrons. The van der Waals surface area contributed by atoms with Gasteiger partial charge in [-0.25, -0.2) is 0 Å². The number of piperidine rings is 1. The second-order valence-electron chi connectivity index (χ2n) is 5.54. The van der Waals surface area contributed by atoms with Crippen molar-refractivity contribution in [3.63, 3.8) is 0 Å². The van der Waals surface area contributed by atoms with Gasteiger partial charge in [0.2, 0.25) is 0 Å². The fraction of sp³-hybridized carbons (Fsp3) is 0.600. The van der Waals surface area contributed by atoms with Crippen LogP contribution in [0.1, 0.15) is 44.7 Å². The Morgan fingerprint density at radius 3 is 2.79 bits per heavy atom. The number of phenols is 2. The van der Waals surface area contributed by atoms with Gasteiger partial charge in [-0.1, -0.05) is 6.42 Å². The zero-order chi connectivity index (χ0) is 14.0. The molecule has 3 atom stereocenters. The molecule has 106 valence electrons. The summed E-state index contributed by atoms with van der Waals surface area (Å²) in [7, 11) is 0. The predicted octanol–water partition coefficient (Wildman–Crippen LogP) is 2.36. The summed E-state index contributed by atoms with van der Waals surface area (Å²) in [5.41, 5.74) is 6.66. The number of phenolic OH excluding ortho intramolecular Hbond substituents is 2. The summed E-state index contributed by atoms with van der Waals surface area (Å²) < 4.78 is 0. The normalized spacial score (nSPS) is 26.3. The molecular weight excluding hydrogens is 240 g/mol. The minimum atomic E-state index is 0.0518. The van der Waals surface area contributed by atoms with E-state index in [1.165, 1.54) is 12.5 Å². The van der Waals surface area contributed by atoms with Gasteiger partial charge in [0, 0.05) is 30.2 Å². The number of aromatic hydroxyl groups is 2. The van der Waals surface area contributed by atoms with Crippen molar-refractivity contribution in [1.29, 1.82) is 0 Å². The van der Waals surface area contributed by atoms with Crippen LogP contribution in [-0.2, 0) is 0 Å². The van der Waals surface area contributed by atoms with E-state index in [0.717, 1.165) is 18.4 Å². The lowest BCUT2D eigenvalue weighted by atomic mass is 9.92. The van der Waals surface area contributed by atoms with Crippen molar-refractivity contribution in [2.75, 3.05) is 6.54 Å². The monoisotopic (exact) mass is 264 g/mol. The van der Waals surface area contributed by atoms with E-state index in [0.29, 0.717) is 18.6 Å². The van der Waals surface area contributed by atoms with Crippen molar-refractivity contribution in [3.8, 4) is 11.5 Å². The van der Waals surface area contributed by atoms with Crippen molar-refractivity contribution < 1.29 is 10.2 Å². The summed E-state index contributed by atoms with van der Waals surface area (Å²) in [6.45, 7) is 4.91. The molecule has 2 rings (SSSR count). The lowest BCUT2D eigenvalue weighted by Gasteiger charge is -2.44. The van der Waals surface area contributed by atoms with Crippen LogP contribution in [-0.4, -0.2) is 33.7 Å². The molecule has 4 N–H and O–H groups in total. The Hall–Kier alpha value is -1.26. The van der Waals surface area contributed by atoms with Gasteiger partial charge >= 0.3 is 0 Å². The van der Waals surface area contributed by atoms with Gasteiger partial charge in [-0.05, 0) is 44.9 Å².